The Balaban J connectivity index is 1.52. The van der Waals surface area contributed by atoms with Crippen LogP contribution in [0, 0.1) is 0 Å². The van der Waals surface area contributed by atoms with Gasteiger partial charge in [0, 0.05) is 16.6 Å². The molecular weight excluding hydrogens is 420 g/mol. The van der Waals surface area contributed by atoms with E-state index < -0.39 is 11.9 Å². The second-order valence-corrected chi connectivity index (χ2v) is 7.95. The van der Waals surface area contributed by atoms with Crippen LogP contribution in [0.3, 0.4) is 0 Å². The molecule has 0 bridgehead atoms. The molecule has 11 heteroatoms. The first-order valence-corrected chi connectivity index (χ1v) is 10.2. The fourth-order valence-electron chi connectivity index (χ4n) is 3.23. The van der Waals surface area contributed by atoms with Gasteiger partial charge < -0.3 is 16.0 Å². The Morgan fingerprint density at radius 3 is 2.65 bits per heavy atom. The van der Waals surface area contributed by atoms with Crippen molar-refractivity contribution in [3.8, 4) is 0 Å². The first-order chi connectivity index (χ1) is 15.0. The Morgan fingerprint density at radius 2 is 1.97 bits per heavy atom. The van der Waals surface area contributed by atoms with E-state index in [9.17, 15) is 9.59 Å². The Hall–Kier alpha value is -3.66. The van der Waals surface area contributed by atoms with Gasteiger partial charge in [0.1, 0.15) is 5.70 Å². The monoisotopic (exact) mass is 438 g/mol. The highest BCUT2D eigenvalue weighted by atomic mass is 35.5. The number of hydrogen-bond acceptors (Lipinski definition) is 7. The van der Waals surface area contributed by atoms with Crippen LogP contribution in [0.4, 0.5) is 16.7 Å². The lowest BCUT2D eigenvalue weighted by atomic mass is 10.1. The largest absolute Gasteiger partial charge is 0.351 e. The molecule has 0 unspecified atom stereocenters. The summed E-state index contributed by atoms with van der Waals surface area (Å²) in [4.78, 5) is 32.5. The lowest BCUT2D eigenvalue weighted by Crippen LogP contribution is -2.22. The van der Waals surface area contributed by atoms with Crippen molar-refractivity contribution in [1.29, 1.82) is 0 Å². The number of imide groups is 1. The summed E-state index contributed by atoms with van der Waals surface area (Å²) >= 11 is 5.99. The number of nitrogens with zero attached hydrogens (tertiary/aromatic N) is 4. The van der Waals surface area contributed by atoms with Gasteiger partial charge in [-0.3, -0.25) is 10.1 Å². The molecular formula is C20H19ClN8O2. The minimum atomic E-state index is -0.558. The molecule has 3 aromatic rings. The van der Waals surface area contributed by atoms with Gasteiger partial charge in [0.2, 0.25) is 11.9 Å². The minimum Gasteiger partial charge on any atom is -0.351 e. The van der Waals surface area contributed by atoms with Gasteiger partial charge in [-0.25, -0.2) is 4.79 Å². The molecule has 3 heterocycles. The van der Waals surface area contributed by atoms with E-state index >= 15 is 0 Å². The number of urea groups is 1. The summed E-state index contributed by atoms with van der Waals surface area (Å²) < 4.78 is 1.59. The molecule has 4 N–H and O–H groups in total. The van der Waals surface area contributed by atoms with Gasteiger partial charge in [0.25, 0.3) is 5.91 Å². The summed E-state index contributed by atoms with van der Waals surface area (Å²) in [5.74, 6) is 0.477. The molecule has 3 amide bonds. The number of hydrogen-bond donors (Lipinski definition) is 4. The maximum Gasteiger partial charge on any atom is 0.326 e. The summed E-state index contributed by atoms with van der Waals surface area (Å²) in [6.07, 6.45) is 5.27. The van der Waals surface area contributed by atoms with Gasteiger partial charge in [-0.05, 0) is 43.5 Å². The molecule has 2 aliphatic rings. The lowest BCUT2D eigenvalue weighted by molar-refractivity contribution is -0.115. The van der Waals surface area contributed by atoms with Crippen molar-refractivity contribution in [3.63, 3.8) is 0 Å². The normalized spacial score (nSPS) is 18.2. The SMILES string of the molecule is C[C@@H](Nc1nc(NC2CC2)n2ncc(/C=C3\NC(=O)NC3=O)c2n1)c1ccc(Cl)cc1. The maximum absolute atomic E-state index is 11.9. The van der Waals surface area contributed by atoms with E-state index in [1.54, 1.807) is 16.8 Å². The number of halogens is 1. The number of anilines is 2. The van der Waals surface area contributed by atoms with Crippen molar-refractivity contribution in [2.75, 3.05) is 10.6 Å². The molecule has 31 heavy (non-hydrogen) atoms. The number of fused-ring (bicyclic) bond motifs is 1. The predicted molar refractivity (Wildman–Crippen MR) is 116 cm³/mol. The standard InChI is InChI=1S/C20H19ClN8O2/c1-10(11-2-4-13(21)5-3-11)23-18-26-16-12(8-15-17(30)27-20(31)25-15)9-22-29(16)19(28-18)24-14-6-7-14/h2-5,8-10,14H,6-7H2,1H3,(H2,23,24,26,28)(H2,25,27,30,31)/b15-8-/t10-/m1/s1. The molecule has 2 fully saturated rings. The number of rotatable bonds is 6. The second-order valence-electron chi connectivity index (χ2n) is 7.51. The molecule has 1 saturated carbocycles. The third-order valence-electron chi connectivity index (χ3n) is 5.04. The highest BCUT2D eigenvalue weighted by Crippen LogP contribution is 2.27. The second kappa shape index (κ2) is 7.55. The van der Waals surface area contributed by atoms with Crippen LogP contribution in [-0.4, -0.2) is 37.6 Å². The third-order valence-corrected chi connectivity index (χ3v) is 5.29. The van der Waals surface area contributed by atoms with Crippen molar-refractivity contribution in [3.05, 3.63) is 52.3 Å². The molecule has 1 aromatic carbocycles. The zero-order valence-corrected chi connectivity index (χ0v) is 17.3. The number of benzene rings is 1. The quantitative estimate of drug-likeness (QED) is 0.344. The summed E-state index contributed by atoms with van der Waals surface area (Å²) in [6, 6.07) is 7.28. The molecule has 2 aromatic heterocycles. The first kappa shape index (κ1) is 19.3. The topological polar surface area (TPSA) is 125 Å². The molecule has 1 saturated heterocycles. The maximum atomic E-state index is 11.9. The highest BCUT2D eigenvalue weighted by molar-refractivity contribution is 6.30. The van der Waals surface area contributed by atoms with Gasteiger partial charge in [0.15, 0.2) is 5.65 Å². The molecule has 1 aliphatic carbocycles. The van der Waals surface area contributed by atoms with E-state index in [4.69, 9.17) is 11.6 Å². The van der Waals surface area contributed by atoms with Crippen molar-refractivity contribution < 1.29 is 9.59 Å². The molecule has 1 aliphatic heterocycles. The summed E-state index contributed by atoms with van der Waals surface area (Å²) in [5, 5.41) is 16.4. The van der Waals surface area contributed by atoms with Crippen molar-refractivity contribution in [1.82, 2.24) is 30.2 Å². The van der Waals surface area contributed by atoms with E-state index in [-0.39, 0.29) is 11.7 Å². The van der Waals surface area contributed by atoms with E-state index in [0.717, 1.165) is 18.4 Å². The fraction of sp³-hybridized carbons (Fsp3) is 0.250. The number of amides is 3. The molecule has 158 valence electrons. The van der Waals surface area contributed by atoms with Crippen molar-refractivity contribution in [2.24, 2.45) is 0 Å². The van der Waals surface area contributed by atoms with E-state index in [0.29, 0.717) is 34.2 Å². The number of nitrogens with one attached hydrogen (secondary N) is 4. The highest BCUT2D eigenvalue weighted by Gasteiger charge is 2.26. The lowest BCUT2D eigenvalue weighted by Gasteiger charge is -2.16. The van der Waals surface area contributed by atoms with Crippen molar-refractivity contribution in [2.45, 2.75) is 31.8 Å². The van der Waals surface area contributed by atoms with Gasteiger partial charge in [-0.2, -0.15) is 19.6 Å². The molecule has 0 spiro atoms. The molecule has 1 atom stereocenters. The average molecular weight is 439 g/mol. The first-order valence-electron chi connectivity index (χ1n) is 9.84. The van der Waals surface area contributed by atoms with Crippen LogP contribution in [0.15, 0.2) is 36.2 Å². The van der Waals surface area contributed by atoms with Gasteiger partial charge >= 0.3 is 6.03 Å². The Labute approximate surface area is 182 Å². The summed E-state index contributed by atoms with van der Waals surface area (Å²) in [5.41, 5.74) is 2.26. The van der Waals surface area contributed by atoms with Crippen LogP contribution in [0.25, 0.3) is 11.7 Å². The van der Waals surface area contributed by atoms with Crippen LogP contribution < -0.4 is 21.3 Å². The molecule has 5 rings (SSSR count). The Kier molecular flexibility index (Phi) is 4.70. The number of aromatic nitrogens is 4. The van der Waals surface area contributed by atoms with Gasteiger partial charge in [0.05, 0.1) is 12.2 Å². The predicted octanol–water partition coefficient (Wildman–Crippen LogP) is 2.71. The van der Waals surface area contributed by atoms with Crippen molar-refractivity contribution >= 4 is 47.2 Å². The van der Waals surface area contributed by atoms with Crippen LogP contribution in [0.2, 0.25) is 5.02 Å². The number of carbonyl (C=O) groups excluding carboxylic acids is 2. The summed E-state index contributed by atoms with van der Waals surface area (Å²) in [7, 11) is 0. The zero-order chi connectivity index (χ0) is 21.5. The number of carbonyl (C=O) groups is 2. The summed E-state index contributed by atoms with van der Waals surface area (Å²) in [6.45, 7) is 2.00. The zero-order valence-electron chi connectivity index (χ0n) is 16.5. The van der Waals surface area contributed by atoms with Gasteiger partial charge in [-0.1, -0.05) is 23.7 Å². The van der Waals surface area contributed by atoms with E-state index in [1.165, 1.54) is 0 Å². The smallest absolute Gasteiger partial charge is 0.326 e. The van der Waals surface area contributed by atoms with Crippen LogP contribution in [-0.2, 0) is 4.79 Å². The average Bonchev–Trinajstić information content (AvgIpc) is 3.37. The van der Waals surface area contributed by atoms with E-state index in [2.05, 4.69) is 36.3 Å². The van der Waals surface area contributed by atoms with Crippen LogP contribution in [0.5, 0.6) is 0 Å². The van der Waals surface area contributed by atoms with Crippen LogP contribution >= 0.6 is 11.6 Å². The fourth-order valence-corrected chi connectivity index (χ4v) is 3.36. The molecule has 10 nitrogen and oxygen atoms in total. The Morgan fingerprint density at radius 1 is 1.19 bits per heavy atom. The molecule has 0 radical (unpaired) electrons. The van der Waals surface area contributed by atoms with Crippen LogP contribution in [0.1, 0.15) is 36.9 Å². The third kappa shape index (κ3) is 4.02. The van der Waals surface area contributed by atoms with E-state index in [1.807, 2.05) is 31.2 Å². The minimum absolute atomic E-state index is 0.0712. The van der Waals surface area contributed by atoms with Gasteiger partial charge in [-0.15, -0.1) is 0 Å². The Bertz CT molecular complexity index is 1220.